The summed E-state index contributed by atoms with van der Waals surface area (Å²) >= 11 is 1.41. The number of hydrogen-bond donors (Lipinski definition) is 3. The number of benzene rings is 1. The van der Waals surface area contributed by atoms with E-state index in [-0.39, 0.29) is 11.8 Å². The lowest BCUT2D eigenvalue weighted by molar-refractivity contribution is -0.122. The summed E-state index contributed by atoms with van der Waals surface area (Å²) in [5.41, 5.74) is 7.05. The number of nitrogens with two attached hydrogens (primary N) is 1. The zero-order chi connectivity index (χ0) is 23.9. The maximum Gasteiger partial charge on any atom is 0.262 e. The van der Waals surface area contributed by atoms with Gasteiger partial charge in [0, 0.05) is 29.7 Å². The summed E-state index contributed by atoms with van der Waals surface area (Å²) in [5.74, 6) is -0.105. The van der Waals surface area contributed by atoms with Gasteiger partial charge in [0.25, 0.3) is 5.91 Å². The fourth-order valence-electron chi connectivity index (χ4n) is 4.41. The van der Waals surface area contributed by atoms with Gasteiger partial charge in [-0.3, -0.25) is 19.3 Å². The zero-order valence-electron chi connectivity index (χ0n) is 19.2. The lowest BCUT2D eigenvalue weighted by Crippen LogP contribution is -2.47. The van der Waals surface area contributed by atoms with Crippen molar-refractivity contribution in [1.82, 2.24) is 20.4 Å². The third-order valence-corrected chi connectivity index (χ3v) is 7.19. The first-order valence-electron chi connectivity index (χ1n) is 11.5. The zero-order valence-corrected chi connectivity index (χ0v) is 20.1. The average Bonchev–Trinajstić information content (AvgIpc) is 3.60. The number of fused-ring (bicyclic) bond motifs is 1. The van der Waals surface area contributed by atoms with Crippen LogP contribution in [0.1, 0.15) is 46.7 Å². The van der Waals surface area contributed by atoms with Crippen LogP contribution in [0.15, 0.2) is 59.5 Å². The number of para-hydroxylation sites is 1. The minimum Gasteiger partial charge on any atom is -0.403 e. The van der Waals surface area contributed by atoms with E-state index < -0.39 is 6.04 Å². The number of aromatic nitrogens is 2. The fraction of sp³-hybridized carbons (Fsp3) is 0.360. The molecule has 1 aliphatic carbocycles. The molecule has 1 saturated carbocycles. The smallest absolute Gasteiger partial charge is 0.262 e. The van der Waals surface area contributed by atoms with Gasteiger partial charge in [0.2, 0.25) is 5.91 Å². The number of allylic oxidation sites excluding steroid dienone is 1. The number of amides is 2. The van der Waals surface area contributed by atoms with Crippen molar-refractivity contribution in [3.05, 3.63) is 64.2 Å². The van der Waals surface area contributed by atoms with Gasteiger partial charge in [-0.15, -0.1) is 11.3 Å². The van der Waals surface area contributed by atoms with E-state index in [0.29, 0.717) is 29.5 Å². The molecule has 0 spiro atoms. The molecule has 0 aliphatic heterocycles. The number of hydrogen-bond acceptors (Lipinski definition) is 6. The third-order valence-electron chi connectivity index (χ3n) is 6.12. The van der Waals surface area contributed by atoms with Crippen LogP contribution in [-0.4, -0.2) is 40.9 Å². The summed E-state index contributed by atoms with van der Waals surface area (Å²) in [7, 11) is 1.61. The first kappa shape index (κ1) is 23.7. The Morgan fingerprint density at radius 1 is 1.26 bits per heavy atom. The molecule has 1 atom stereocenters. The number of thiophene rings is 1. The lowest BCUT2D eigenvalue weighted by Gasteiger charge is -2.21. The molecule has 2 amide bonds. The van der Waals surface area contributed by atoms with Crippen molar-refractivity contribution in [1.29, 1.82) is 0 Å². The quantitative estimate of drug-likeness (QED) is 0.409. The highest BCUT2D eigenvalue weighted by Crippen LogP contribution is 2.29. The summed E-state index contributed by atoms with van der Waals surface area (Å²) in [4.78, 5) is 31.6. The third kappa shape index (κ3) is 5.72. The summed E-state index contributed by atoms with van der Waals surface area (Å²) in [6, 6.07) is 11.1. The Morgan fingerprint density at radius 3 is 2.82 bits per heavy atom. The fourth-order valence-corrected chi connectivity index (χ4v) is 5.30. The van der Waals surface area contributed by atoms with Gasteiger partial charge in [-0.05, 0) is 30.5 Å². The summed E-state index contributed by atoms with van der Waals surface area (Å²) in [6.45, 7) is 0.582. The van der Waals surface area contributed by atoms with Crippen molar-refractivity contribution in [3.8, 4) is 0 Å². The molecule has 1 aliphatic rings. The minimum absolute atomic E-state index is 0.248. The van der Waals surface area contributed by atoms with Crippen molar-refractivity contribution in [2.45, 2.75) is 44.7 Å². The topological polar surface area (TPSA) is 114 Å². The van der Waals surface area contributed by atoms with Crippen LogP contribution in [0.5, 0.6) is 0 Å². The molecular weight excluding hydrogens is 448 g/mol. The number of aliphatic imine (C=N–C) groups is 1. The predicted molar refractivity (Wildman–Crippen MR) is 136 cm³/mol. The molecule has 178 valence electrons. The van der Waals surface area contributed by atoms with Gasteiger partial charge >= 0.3 is 0 Å². The van der Waals surface area contributed by atoms with Crippen molar-refractivity contribution < 1.29 is 9.59 Å². The van der Waals surface area contributed by atoms with Crippen LogP contribution >= 0.6 is 11.3 Å². The maximum atomic E-state index is 13.1. The Labute approximate surface area is 202 Å². The van der Waals surface area contributed by atoms with E-state index >= 15 is 0 Å². The van der Waals surface area contributed by atoms with Gasteiger partial charge < -0.3 is 16.4 Å². The van der Waals surface area contributed by atoms with Gasteiger partial charge in [0.15, 0.2) is 0 Å². The molecular formula is C25H30N6O2S. The van der Waals surface area contributed by atoms with Gasteiger partial charge in [-0.2, -0.15) is 5.10 Å². The van der Waals surface area contributed by atoms with Gasteiger partial charge in [-0.1, -0.05) is 43.9 Å². The molecule has 4 rings (SSSR count). The van der Waals surface area contributed by atoms with Crippen molar-refractivity contribution in [2.75, 3.05) is 7.05 Å². The number of carbonyl (C=O) groups is 2. The molecule has 0 saturated heterocycles. The van der Waals surface area contributed by atoms with Crippen molar-refractivity contribution in [3.63, 3.8) is 0 Å². The molecule has 9 heteroatoms. The number of nitrogens with zero attached hydrogens (tertiary/aromatic N) is 3. The Kier molecular flexibility index (Phi) is 7.74. The largest absolute Gasteiger partial charge is 0.403 e. The van der Waals surface area contributed by atoms with E-state index in [9.17, 15) is 9.59 Å². The highest BCUT2D eigenvalue weighted by Gasteiger charge is 2.27. The van der Waals surface area contributed by atoms with Crippen LogP contribution in [0, 0.1) is 5.92 Å². The Morgan fingerprint density at radius 2 is 2.06 bits per heavy atom. The van der Waals surface area contributed by atoms with Crippen LogP contribution in [0.2, 0.25) is 0 Å². The van der Waals surface area contributed by atoms with Crippen LogP contribution in [0.4, 0.5) is 0 Å². The van der Waals surface area contributed by atoms with E-state index in [2.05, 4.69) is 20.7 Å². The van der Waals surface area contributed by atoms with Crippen molar-refractivity contribution >= 4 is 40.3 Å². The first-order chi connectivity index (χ1) is 16.6. The Bertz CT molecular complexity index is 1200. The highest BCUT2D eigenvalue weighted by atomic mass is 32.1. The van der Waals surface area contributed by atoms with Crippen molar-refractivity contribution in [2.24, 2.45) is 16.6 Å². The van der Waals surface area contributed by atoms with Crippen LogP contribution in [-0.2, 0) is 11.3 Å². The molecule has 0 bridgehead atoms. The maximum absolute atomic E-state index is 13.1. The second-order valence-electron chi connectivity index (χ2n) is 8.54. The van der Waals surface area contributed by atoms with Crippen LogP contribution in [0.3, 0.4) is 0 Å². The Balaban J connectivity index is 1.45. The van der Waals surface area contributed by atoms with Gasteiger partial charge in [0.1, 0.15) is 6.04 Å². The summed E-state index contributed by atoms with van der Waals surface area (Å²) in [5, 5.41) is 11.3. The molecule has 1 fully saturated rings. The lowest BCUT2D eigenvalue weighted by atomic mass is 9.97. The molecule has 2 aromatic heterocycles. The molecule has 3 aromatic rings. The van der Waals surface area contributed by atoms with E-state index in [1.807, 2.05) is 41.2 Å². The van der Waals surface area contributed by atoms with E-state index in [1.165, 1.54) is 36.6 Å². The molecule has 1 aromatic carbocycles. The number of carbonyl (C=O) groups excluding carboxylic acids is 2. The average molecular weight is 479 g/mol. The minimum atomic E-state index is -0.642. The molecule has 2 heterocycles. The van der Waals surface area contributed by atoms with Crippen LogP contribution < -0.4 is 16.4 Å². The van der Waals surface area contributed by atoms with Crippen LogP contribution in [0.25, 0.3) is 10.9 Å². The molecule has 0 radical (unpaired) electrons. The van der Waals surface area contributed by atoms with E-state index in [0.717, 1.165) is 28.6 Å². The van der Waals surface area contributed by atoms with Gasteiger partial charge in [0.05, 0.1) is 28.8 Å². The molecule has 34 heavy (non-hydrogen) atoms. The summed E-state index contributed by atoms with van der Waals surface area (Å²) < 4.78 is 1.93. The normalized spacial score (nSPS) is 15.7. The van der Waals surface area contributed by atoms with E-state index in [1.54, 1.807) is 13.1 Å². The Hall–Kier alpha value is -3.46. The monoisotopic (exact) mass is 478 g/mol. The second-order valence-corrected chi connectivity index (χ2v) is 9.71. The number of rotatable bonds is 9. The number of nitrogens with one attached hydrogen (secondary N) is 2. The standard InChI is InChI=1S/C25H30N6O2S/c1-27-15-19(13-26)29-24(32)21(12-17-6-2-3-7-17)30-25(33)23-11-10-20(34-23)16-31-22-9-5-4-8-18(22)14-28-31/h4-5,8-11,13-15,17,21H,2-3,6-7,12,16,26H2,1H3,(H,29,32)(H,30,33)/b19-13+,27-15?. The molecule has 4 N–H and O–H groups in total. The van der Waals surface area contributed by atoms with Gasteiger partial charge in [-0.25, -0.2) is 0 Å². The SMILES string of the molecule is CN=C/C(=C\N)NC(=O)C(CC1CCCC1)NC(=O)c1ccc(Cn2ncc3ccccc32)s1. The predicted octanol–water partition coefficient (Wildman–Crippen LogP) is 3.44. The summed E-state index contributed by atoms with van der Waals surface area (Å²) in [6.07, 6.45) is 9.72. The first-order valence-corrected chi connectivity index (χ1v) is 12.3. The second kappa shape index (κ2) is 11.1. The van der Waals surface area contributed by atoms with E-state index in [4.69, 9.17) is 5.73 Å². The highest BCUT2D eigenvalue weighted by molar-refractivity contribution is 7.14. The molecule has 1 unspecified atom stereocenters. The molecule has 8 nitrogen and oxygen atoms in total.